The van der Waals surface area contributed by atoms with E-state index in [1.165, 1.54) is 19.3 Å². The van der Waals surface area contributed by atoms with Crippen LogP contribution in [0.2, 0.25) is 0 Å². The third-order valence-corrected chi connectivity index (χ3v) is 5.78. The highest BCUT2D eigenvalue weighted by molar-refractivity contribution is 5.80. The number of guanidine groups is 1. The lowest BCUT2D eigenvalue weighted by Gasteiger charge is -2.29. The molecule has 1 saturated carbocycles. The summed E-state index contributed by atoms with van der Waals surface area (Å²) >= 11 is 0. The first-order chi connectivity index (χ1) is 12.2. The maximum atomic E-state index is 9.57. The van der Waals surface area contributed by atoms with Gasteiger partial charge in [0.2, 0.25) is 0 Å². The zero-order chi connectivity index (χ0) is 17.6. The van der Waals surface area contributed by atoms with Gasteiger partial charge in [0.25, 0.3) is 0 Å². The Balaban J connectivity index is 1.38. The van der Waals surface area contributed by atoms with Crippen molar-refractivity contribution in [2.75, 3.05) is 39.3 Å². The Labute approximate surface area is 153 Å². The average Bonchev–Trinajstić information content (AvgIpc) is 3.37. The van der Waals surface area contributed by atoms with E-state index in [-0.39, 0.29) is 6.10 Å². The second-order valence-electron chi connectivity index (χ2n) is 8.04. The Kier molecular flexibility index (Phi) is 6.96. The van der Waals surface area contributed by atoms with E-state index in [0.717, 1.165) is 70.5 Å². The molecule has 0 amide bonds. The smallest absolute Gasteiger partial charge is 0.191 e. The van der Waals surface area contributed by atoms with Gasteiger partial charge in [-0.2, -0.15) is 0 Å². The number of nitrogens with zero attached hydrogens (tertiary/aromatic N) is 3. The minimum atomic E-state index is -0.0807. The first-order valence-corrected chi connectivity index (χ1v) is 10.4. The summed E-state index contributed by atoms with van der Waals surface area (Å²) in [5.74, 6) is 0.978. The molecule has 2 saturated heterocycles. The van der Waals surface area contributed by atoms with Crippen LogP contribution < -0.4 is 10.6 Å². The number of aliphatic hydroxyl groups excluding tert-OH is 1. The number of aliphatic hydroxyl groups is 1. The van der Waals surface area contributed by atoms with Gasteiger partial charge >= 0.3 is 0 Å². The molecule has 3 fully saturated rings. The zero-order valence-corrected chi connectivity index (χ0v) is 16.1. The molecule has 0 aromatic carbocycles. The monoisotopic (exact) mass is 351 g/mol. The quantitative estimate of drug-likeness (QED) is 0.363. The van der Waals surface area contributed by atoms with Gasteiger partial charge in [0.1, 0.15) is 0 Å². The van der Waals surface area contributed by atoms with Crippen molar-refractivity contribution < 1.29 is 5.11 Å². The highest BCUT2D eigenvalue weighted by Crippen LogP contribution is 2.33. The fourth-order valence-electron chi connectivity index (χ4n) is 4.22. The van der Waals surface area contributed by atoms with Crippen molar-refractivity contribution in [3.63, 3.8) is 0 Å². The first kappa shape index (κ1) is 18.9. The van der Waals surface area contributed by atoms with Crippen molar-refractivity contribution in [3.05, 3.63) is 0 Å². The van der Waals surface area contributed by atoms with Crippen LogP contribution in [0.1, 0.15) is 52.4 Å². The van der Waals surface area contributed by atoms with Gasteiger partial charge in [0.05, 0.1) is 6.10 Å². The Bertz CT molecular complexity index is 432. The minimum Gasteiger partial charge on any atom is -0.393 e. The number of rotatable bonds is 7. The number of aliphatic imine (C=N–C) groups is 1. The fraction of sp³-hybridized carbons (Fsp3) is 0.947. The van der Waals surface area contributed by atoms with Gasteiger partial charge in [-0.25, -0.2) is 0 Å². The first-order valence-electron chi connectivity index (χ1n) is 10.4. The van der Waals surface area contributed by atoms with E-state index < -0.39 is 0 Å². The molecule has 2 unspecified atom stereocenters. The number of nitrogens with one attached hydrogen (secondary N) is 2. The van der Waals surface area contributed by atoms with Gasteiger partial charge in [-0.1, -0.05) is 0 Å². The predicted octanol–water partition coefficient (Wildman–Crippen LogP) is 1.01. The van der Waals surface area contributed by atoms with E-state index in [4.69, 9.17) is 4.99 Å². The number of piperidine rings is 1. The normalized spacial score (nSPS) is 30.0. The van der Waals surface area contributed by atoms with Crippen LogP contribution in [0.3, 0.4) is 0 Å². The van der Waals surface area contributed by atoms with Crippen LogP contribution in [0.25, 0.3) is 0 Å². The molecule has 2 aliphatic heterocycles. The minimum absolute atomic E-state index is 0.0807. The van der Waals surface area contributed by atoms with Crippen LogP contribution in [0.4, 0.5) is 0 Å². The van der Waals surface area contributed by atoms with Crippen LogP contribution in [-0.4, -0.2) is 84.4 Å². The average molecular weight is 352 g/mol. The lowest BCUT2D eigenvalue weighted by molar-refractivity contribution is 0.0824. The third-order valence-electron chi connectivity index (χ3n) is 5.78. The molecule has 0 spiro atoms. The van der Waals surface area contributed by atoms with Gasteiger partial charge < -0.3 is 20.6 Å². The Morgan fingerprint density at radius 2 is 1.96 bits per heavy atom. The third kappa shape index (κ3) is 5.83. The standard InChI is InChI=1S/C19H37N5O/c1-3-20-19(21-9-4-10-23-11-7-18(25)8-12-23)22-16-13-15(2)24(14-16)17-5-6-17/h15-18,25H,3-14H2,1-2H3,(H2,20,21,22). The summed E-state index contributed by atoms with van der Waals surface area (Å²) < 4.78 is 0. The molecule has 3 aliphatic rings. The van der Waals surface area contributed by atoms with E-state index in [0.29, 0.717) is 12.1 Å². The van der Waals surface area contributed by atoms with Gasteiger partial charge in [-0.3, -0.25) is 9.89 Å². The largest absolute Gasteiger partial charge is 0.393 e. The highest BCUT2D eigenvalue weighted by Gasteiger charge is 2.38. The van der Waals surface area contributed by atoms with Crippen molar-refractivity contribution in [1.29, 1.82) is 0 Å². The van der Waals surface area contributed by atoms with Crippen LogP contribution in [0, 0.1) is 0 Å². The van der Waals surface area contributed by atoms with Crippen LogP contribution >= 0.6 is 0 Å². The summed E-state index contributed by atoms with van der Waals surface area (Å²) in [6, 6.07) is 2.07. The van der Waals surface area contributed by atoms with Gasteiger partial charge in [-0.15, -0.1) is 0 Å². The molecule has 1 aliphatic carbocycles. The summed E-state index contributed by atoms with van der Waals surface area (Å²) in [7, 11) is 0. The molecule has 0 bridgehead atoms. The summed E-state index contributed by atoms with van der Waals surface area (Å²) in [5.41, 5.74) is 0. The number of hydrogen-bond donors (Lipinski definition) is 3. The van der Waals surface area contributed by atoms with Gasteiger partial charge in [0.15, 0.2) is 5.96 Å². The second kappa shape index (κ2) is 9.19. The molecule has 3 N–H and O–H groups in total. The van der Waals surface area contributed by atoms with Gasteiger partial charge in [0, 0.05) is 50.8 Å². The topological polar surface area (TPSA) is 63.1 Å². The molecule has 0 radical (unpaired) electrons. The van der Waals surface area contributed by atoms with Gasteiger partial charge in [-0.05, 0) is 58.9 Å². The summed E-state index contributed by atoms with van der Waals surface area (Å²) in [4.78, 5) is 9.91. The second-order valence-corrected chi connectivity index (χ2v) is 8.04. The van der Waals surface area contributed by atoms with Crippen LogP contribution in [0.15, 0.2) is 4.99 Å². The lowest BCUT2D eigenvalue weighted by atomic mass is 10.1. The van der Waals surface area contributed by atoms with E-state index >= 15 is 0 Å². The lowest BCUT2D eigenvalue weighted by Crippen LogP contribution is -2.45. The molecule has 25 heavy (non-hydrogen) atoms. The van der Waals surface area contributed by atoms with Crippen LogP contribution in [-0.2, 0) is 0 Å². The molecule has 144 valence electrons. The summed E-state index contributed by atoms with van der Waals surface area (Å²) in [6.45, 7) is 10.6. The van der Waals surface area contributed by atoms with E-state index in [1.807, 2.05) is 0 Å². The SMILES string of the molecule is CCNC(=NCCCN1CCC(O)CC1)NC1CC(C)N(C2CC2)C1. The molecular formula is C19H37N5O. The Morgan fingerprint density at radius 1 is 1.20 bits per heavy atom. The number of hydrogen-bond acceptors (Lipinski definition) is 4. The molecule has 0 aromatic heterocycles. The number of likely N-dealkylation sites (tertiary alicyclic amines) is 2. The van der Waals surface area contributed by atoms with E-state index in [2.05, 4.69) is 34.3 Å². The molecular weight excluding hydrogens is 314 g/mol. The van der Waals surface area contributed by atoms with Crippen molar-refractivity contribution >= 4 is 5.96 Å². The summed E-state index contributed by atoms with van der Waals surface area (Å²) in [5, 5.41) is 16.6. The van der Waals surface area contributed by atoms with E-state index in [9.17, 15) is 5.11 Å². The fourth-order valence-corrected chi connectivity index (χ4v) is 4.22. The predicted molar refractivity (Wildman–Crippen MR) is 103 cm³/mol. The molecule has 2 heterocycles. The van der Waals surface area contributed by atoms with Crippen molar-refractivity contribution in [2.24, 2.45) is 4.99 Å². The zero-order valence-electron chi connectivity index (χ0n) is 16.1. The molecule has 0 aromatic rings. The maximum absolute atomic E-state index is 9.57. The highest BCUT2D eigenvalue weighted by atomic mass is 16.3. The summed E-state index contributed by atoms with van der Waals surface area (Å²) in [6.07, 6.45) is 6.84. The maximum Gasteiger partial charge on any atom is 0.191 e. The van der Waals surface area contributed by atoms with E-state index in [1.54, 1.807) is 0 Å². The van der Waals surface area contributed by atoms with Crippen LogP contribution in [0.5, 0.6) is 0 Å². The van der Waals surface area contributed by atoms with Crippen molar-refractivity contribution in [1.82, 2.24) is 20.4 Å². The molecule has 3 rings (SSSR count). The molecule has 6 heteroatoms. The Morgan fingerprint density at radius 3 is 2.64 bits per heavy atom. The van der Waals surface area contributed by atoms with Crippen molar-refractivity contribution in [2.45, 2.75) is 76.6 Å². The molecule has 6 nitrogen and oxygen atoms in total. The van der Waals surface area contributed by atoms with Crippen molar-refractivity contribution in [3.8, 4) is 0 Å². The molecule has 2 atom stereocenters. The Hall–Kier alpha value is -0.850.